The number of aryl methyl sites for hydroxylation is 2. The van der Waals surface area contributed by atoms with Crippen molar-refractivity contribution in [2.75, 3.05) is 0 Å². The maximum absolute atomic E-state index is 10.5. The van der Waals surface area contributed by atoms with E-state index in [1.165, 1.54) is 0 Å². The van der Waals surface area contributed by atoms with Gasteiger partial charge >= 0.3 is 0 Å². The topological polar surface area (TPSA) is 30.0 Å². The first-order valence-electron chi connectivity index (χ1n) is 5.12. The Labute approximate surface area is 95.0 Å². The molecule has 2 nitrogen and oxygen atoms in total. The number of carbonyl (C=O) groups excluding carboxylic acids is 1. The van der Waals surface area contributed by atoms with Crippen LogP contribution in [0.5, 0.6) is 0 Å². The molecule has 0 unspecified atom stereocenters. The molecule has 0 saturated carbocycles. The predicted molar refractivity (Wildman–Crippen MR) is 63.9 cm³/mol. The molecular weight excluding hydrogens is 198 g/mol. The van der Waals surface area contributed by atoms with Crippen LogP contribution < -0.4 is 0 Å². The maximum Gasteiger partial charge on any atom is 0.233 e. The van der Waals surface area contributed by atoms with Gasteiger partial charge in [0.15, 0.2) is 0 Å². The van der Waals surface area contributed by atoms with E-state index in [4.69, 9.17) is 0 Å². The minimum atomic E-state index is 0.590. The van der Waals surface area contributed by atoms with Gasteiger partial charge in [-0.3, -0.25) is 9.78 Å². The highest BCUT2D eigenvalue weighted by Crippen LogP contribution is 2.23. The van der Waals surface area contributed by atoms with Gasteiger partial charge in [-0.2, -0.15) is 0 Å². The van der Waals surface area contributed by atoms with Gasteiger partial charge in [-0.25, -0.2) is 0 Å². The first-order chi connectivity index (χ1) is 7.70. The van der Waals surface area contributed by atoms with Crippen LogP contribution in [0.4, 0.5) is 0 Å². The summed E-state index contributed by atoms with van der Waals surface area (Å²) in [5.41, 5.74) is 4.91. The molecule has 0 amide bonds. The average molecular weight is 210 g/mol. The van der Waals surface area contributed by atoms with E-state index in [0.717, 1.165) is 22.4 Å². The Morgan fingerprint density at radius 3 is 2.56 bits per heavy atom. The van der Waals surface area contributed by atoms with E-state index in [-0.39, 0.29) is 0 Å². The molecule has 0 bridgehead atoms. The lowest BCUT2D eigenvalue weighted by atomic mass is 9.99. The molecule has 1 heterocycles. The lowest BCUT2D eigenvalue weighted by Gasteiger charge is -2.06. The van der Waals surface area contributed by atoms with Gasteiger partial charge in [0.1, 0.15) is 0 Å². The van der Waals surface area contributed by atoms with E-state index in [0.29, 0.717) is 5.56 Å². The first kappa shape index (κ1) is 10.6. The van der Waals surface area contributed by atoms with Crippen molar-refractivity contribution < 1.29 is 4.79 Å². The van der Waals surface area contributed by atoms with Crippen molar-refractivity contribution in [3.8, 4) is 11.1 Å². The molecule has 0 N–H and O–H groups in total. The van der Waals surface area contributed by atoms with E-state index >= 15 is 0 Å². The third kappa shape index (κ3) is 2.01. The first-order valence-corrected chi connectivity index (χ1v) is 5.12. The van der Waals surface area contributed by atoms with Crippen LogP contribution in [0.25, 0.3) is 11.1 Å². The quantitative estimate of drug-likeness (QED) is 0.762. The molecule has 0 aliphatic rings. The highest BCUT2D eigenvalue weighted by atomic mass is 16.1. The fraction of sp³-hybridized carbons (Fsp3) is 0.143. The standard InChI is InChI=1S/C14H12NO/c1-10-7-12(9-16)3-4-14(10)13-5-6-15-11(2)8-13/h3-8H,1-2H3. The number of benzene rings is 1. The van der Waals surface area contributed by atoms with Crippen LogP contribution in [0.2, 0.25) is 0 Å². The monoisotopic (exact) mass is 210 g/mol. The van der Waals surface area contributed by atoms with Crippen LogP contribution in [-0.4, -0.2) is 11.3 Å². The molecule has 1 aromatic heterocycles. The van der Waals surface area contributed by atoms with Crippen molar-refractivity contribution >= 4 is 6.29 Å². The lowest BCUT2D eigenvalue weighted by molar-refractivity contribution is 0.562. The van der Waals surface area contributed by atoms with Gasteiger partial charge in [0, 0.05) is 17.5 Å². The predicted octanol–water partition coefficient (Wildman–Crippen LogP) is 2.82. The molecule has 2 aromatic rings. The molecule has 0 spiro atoms. The maximum atomic E-state index is 10.5. The van der Waals surface area contributed by atoms with E-state index in [9.17, 15) is 4.79 Å². The molecule has 2 rings (SSSR count). The highest BCUT2D eigenvalue weighted by molar-refractivity contribution is 5.78. The minimum absolute atomic E-state index is 0.590. The molecule has 1 radical (unpaired) electrons. The van der Waals surface area contributed by atoms with Crippen molar-refractivity contribution in [1.82, 2.24) is 4.98 Å². The van der Waals surface area contributed by atoms with Crippen molar-refractivity contribution in [1.29, 1.82) is 0 Å². The Morgan fingerprint density at radius 2 is 1.94 bits per heavy atom. The summed E-state index contributed by atoms with van der Waals surface area (Å²) in [5.74, 6) is 0. The molecule has 2 heteroatoms. The summed E-state index contributed by atoms with van der Waals surface area (Å²) >= 11 is 0. The van der Waals surface area contributed by atoms with Crippen molar-refractivity contribution in [3.05, 3.63) is 53.3 Å². The van der Waals surface area contributed by atoms with Crippen LogP contribution >= 0.6 is 0 Å². The summed E-state index contributed by atoms with van der Waals surface area (Å²) in [6, 6.07) is 9.58. The fourth-order valence-electron chi connectivity index (χ4n) is 1.76. The molecular formula is C14H12NO. The summed E-state index contributed by atoms with van der Waals surface area (Å²) in [4.78, 5) is 14.7. The zero-order valence-corrected chi connectivity index (χ0v) is 9.32. The number of hydrogen-bond acceptors (Lipinski definition) is 2. The highest BCUT2D eigenvalue weighted by Gasteiger charge is 2.03. The van der Waals surface area contributed by atoms with Crippen LogP contribution in [0, 0.1) is 13.8 Å². The van der Waals surface area contributed by atoms with E-state index in [2.05, 4.69) is 4.98 Å². The Morgan fingerprint density at radius 1 is 1.12 bits per heavy atom. The summed E-state index contributed by atoms with van der Waals surface area (Å²) < 4.78 is 0. The zero-order chi connectivity index (χ0) is 11.5. The molecule has 0 aliphatic carbocycles. The molecule has 16 heavy (non-hydrogen) atoms. The summed E-state index contributed by atoms with van der Waals surface area (Å²) in [6.45, 7) is 3.96. The summed E-state index contributed by atoms with van der Waals surface area (Å²) in [6.07, 6.45) is 3.69. The van der Waals surface area contributed by atoms with Gasteiger partial charge in [-0.05, 0) is 48.7 Å². The van der Waals surface area contributed by atoms with Crippen LogP contribution in [0.3, 0.4) is 0 Å². The van der Waals surface area contributed by atoms with Gasteiger partial charge in [0.2, 0.25) is 6.29 Å². The normalized spacial score (nSPS) is 10.1. The molecule has 0 aliphatic heterocycles. The van der Waals surface area contributed by atoms with Crippen molar-refractivity contribution in [2.45, 2.75) is 13.8 Å². The number of pyridine rings is 1. The lowest BCUT2D eigenvalue weighted by Crippen LogP contribution is -1.88. The smallest absolute Gasteiger partial charge is 0.233 e. The Balaban J connectivity index is 2.52. The number of rotatable bonds is 2. The van der Waals surface area contributed by atoms with Crippen LogP contribution in [-0.2, 0) is 4.79 Å². The minimum Gasteiger partial charge on any atom is -0.285 e. The Kier molecular flexibility index (Phi) is 2.82. The molecule has 0 fully saturated rings. The van der Waals surface area contributed by atoms with Crippen LogP contribution in [0.1, 0.15) is 16.8 Å². The van der Waals surface area contributed by atoms with Gasteiger partial charge in [-0.15, -0.1) is 0 Å². The van der Waals surface area contributed by atoms with Crippen LogP contribution in [0.15, 0.2) is 36.5 Å². The second kappa shape index (κ2) is 4.27. The number of nitrogens with zero attached hydrogens (tertiary/aromatic N) is 1. The second-order valence-corrected chi connectivity index (χ2v) is 3.82. The number of hydrogen-bond donors (Lipinski definition) is 0. The van der Waals surface area contributed by atoms with Gasteiger partial charge in [0.25, 0.3) is 0 Å². The van der Waals surface area contributed by atoms with Crippen molar-refractivity contribution in [3.63, 3.8) is 0 Å². The van der Waals surface area contributed by atoms with Gasteiger partial charge in [-0.1, -0.05) is 12.1 Å². The molecule has 0 atom stereocenters. The molecule has 0 saturated heterocycles. The van der Waals surface area contributed by atoms with E-state index in [1.807, 2.05) is 44.4 Å². The largest absolute Gasteiger partial charge is 0.285 e. The second-order valence-electron chi connectivity index (χ2n) is 3.82. The van der Waals surface area contributed by atoms with E-state index < -0.39 is 0 Å². The third-order valence-corrected chi connectivity index (χ3v) is 2.55. The van der Waals surface area contributed by atoms with Gasteiger partial charge in [0.05, 0.1) is 0 Å². The summed E-state index contributed by atoms with van der Waals surface area (Å²) in [7, 11) is 0. The SMILES string of the molecule is Cc1cc(-c2ccc([C]=O)cc2C)ccn1. The summed E-state index contributed by atoms with van der Waals surface area (Å²) in [5, 5.41) is 0. The Bertz CT molecular complexity index is 532. The zero-order valence-electron chi connectivity index (χ0n) is 9.32. The fourth-order valence-corrected chi connectivity index (χ4v) is 1.76. The Hall–Kier alpha value is -1.96. The van der Waals surface area contributed by atoms with Crippen molar-refractivity contribution in [2.24, 2.45) is 0 Å². The molecule has 1 aromatic carbocycles. The average Bonchev–Trinajstić information content (AvgIpc) is 2.28. The third-order valence-electron chi connectivity index (χ3n) is 2.55. The molecule has 79 valence electrons. The number of aromatic nitrogens is 1. The van der Waals surface area contributed by atoms with E-state index in [1.54, 1.807) is 12.3 Å². The van der Waals surface area contributed by atoms with Gasteiger partial charge < -0.3 is 0 Å².